The van der Waals surface area contributed by atoms with E-state index in [2.05, 4.69) is 39.5 Å². The number of ether oxygens (including phenoxy) is 2. The lowest BCUT2D eigenvalue weighted by molar-refractivity contribution is -0.0939. The van der Waals surface area contributed by atoms with Gasteiger partial charge in [-0.15, -0.1) is 0 Å². The van der Waals surface area contributed by atoms with Crippen LogP contribution in [-0.4, -0.2) is 42.0 Å². The summed E-state index contributed by atoms with van der Waals surface area (Å²) in [5.41, 5.74) is 0.0125. The third kappa shape index (κ3) is 3.06. The summed E-state index contributed by atoms with van der Waals surface area (Å²) in [6, 6.07) is 0.534. The molecule has 3 heteroatoms. The Kier molecular flexibility index (Phi) is 4.05. The molecule has 2 rings (SSSR count). The zero-order valence-electron chi connectivity index (χ0n) is 12.7. The van der Waals surface area contributed by atoms with Crippen LogP contribution in [0, 0.1) is 5.92 Å². The molecule has 2 saturated heterocycles. The highest BCUT2D eigenvalue weighted by molar-refractivity contribution is 4.95. The van der Waals surface area contributed by atoms with Gasteiger partial charge in [0.2, 0.25) is 0 Å². The van der Waals surface area contributed by atoms with E-state index in [1.54, 1.807) is 0 Å². The van der Waals surface area contributed by atoms with Gasteiger partial charge in [-0.2, -0.15) is 0 Å². The standard InChI is InChI=1S/C15H29NO2/c1-14(2,3)16-13(11-18-15(16,4)5)9-12-7-6-8-17-10-12/h12-13H,6-11H2,1-5H3/t12-,13+/m1/s1. The maximum atomic E-state index is 6.02. The van der Waals surface area contributed by atoms with Crippen LogP contribution in [-0.2, 0) is 9.47 Å². The van der Waals surface area contributed by atoms with Crippen molar-refractivity contribution in [3.05, 3.63) is 0 Å². The second kappa shape index (κ2) is 5.10. The molecule has 0 aromatic carbocycles. The molecular weight excluding hydrogens is 226 g/mol. The molecule has 0 radical (unpaired) electrons. The summed E-state index contributed by atoms with van der Waals surface area (Å²) in [5, 5.41) is 0. The fourth-order valence-corrected chi connectivity index (χ4v) is 3.79. The topological polar surface area (TPSA) is 21.7 Å². The SMILES string of the molecule is CC(C)(C)N1[C@@H](C[C@H]2CCCOC2)COC1(C)C. The second-order valence-corrected chi connectivity index (χ2v) is 7.27. The zero-order chi connectivity index (χ0) is 13.4. The summed E-state index contributed by atoms with van der Waals surface area (Å²) in [6.07, 6.45) is 3.74. The number of hydrogen-bond acceptors (Lipinski definition) is 3. The Labute approximate surface area is 112 Å². The van der Waals surface area contributed by atoms with E-state index in [9.17, 15) is 0 Å². The highest BCUT2D eigenvalue weighted by atomic mass is 16.5. The zero-order valence-corrected chi connectivity index (χ0v) is 12.7. The van der Waals surface area contributed by atoms with E-state index in [4.69, 9.17) is 9.47 Å². The second-order valence-electron chi connectivity index (χ2n) is 7.27. The summed E-state index contributed by atoms with van der Waals surface area (Å²) in [5.74, 6) is 0.714. The lowest BCUT2D eigenvalue weighted by Gasteiger charge is -2.44. The van der Waals surface area contributed by atoms with Crippen LogP contribution in [0.2, 0.25) is 0 Å². The Bertz CT molecular complexity index is 277. The average Bonchev–Trinajstić information content (AvgIpc) is 2.54. The molecule has 18 heavy (non-hydrogen) atoms. The Morgan fingerprint density at radius 3 is 2.50 bits per heavy atom. The molecular formula is C15H29NO2. The van der Waals surface area contributed by atoms with Crippen LogP contribution in [0.5, 0.6) is 0 Å². The van der Waals surface area contributed by atoms with Gasteiger partial charge in [0.25, 0.3) is 0 Å². The molecule has 0 bridgehead atoms. The molecule has 2 aliphatic rings. The van der Waals surface area contributed by atoms with Crippen LogP contribution >= 0.6 is 0 Å². The molecule has 0 amide bonds. The van der Waals surface area contributed by atoms with E-state index in [1.807, 2.05) is 0 Å². The van der Waals surface area contributed by atoms with Gasteiger partial charge in [0.1, 0.15) is 5.72 Å². The van der Waals surface area contributed by atoms with Gasteiger partial charge in [-0.05, 0) is 59.8 Å². The molecule has 2 heterocycles. The Hall–Kier alpha value is -0.120. The van der Waals surface area contributed by atoms with E-state index < -0.39 is 0 Å². The van der Waals surface area contributed by atoms with E-state index in [-0.39, 0.29) is 11.3 Å². The Morgan fingerprint density at radius 1 is 1.22 bits per heavy atom. The highest BCUT2D eigenvalue weighted by Crippen LogP contribution is 2.37. The Morgan fingerprint density at radius 2 is 1.94 bits per heavy atom. The van der Waals surface area contributed by atoms with E-state index in [0.29, 0.717) is 12.0 Å². The predicted octanol–water partition coefficient (Wildman–Crippen LogP) is 3.04. The Balaban J connectivity index is 2.02. The molecule has 0 saturated carbocycles. The smallest absolute Gasteiger partial charge is 0.116 e. The van der Waals surface area contributed by atoms with E-state index in [0.717, 1.165) is 19.8 Å². The summed E-state index contributed by atoms with van der Waals surface area (Å²) < 4.78 is 11.6. The van der Waals surface area contributed by atoms with Crippen molar-refractivity contribution < 1.29 is 9.47 Å². The monoisotopic (exact) mass is 255 g/mol. The largest absolute Gasteiger partial charge is 0.381 e. The van der Waals surface area contributed by atoms with Gasteiger partial charge in [-0.1, -0.05) is 0 Å². The summed E-state index contributed by atoms with van der Waals surface area (Å²) in [6.45, 7) is 14.0. The summed E-state index contributed by atoms with van der Waals surface area (Å²) in [4.78, 5) is 2.55. The first-order valence-electron chi connectivity index (χ1n) is 7.32. The van der Waals surface area contributed by atoms with Gasteiger partial charge >= 0.3 is 0 Å². The van der Waals surface area contributed by atoms with Crippen molar-refractivity contribution in [2.24, 2.45) is 5.92 Å². The first kappa shape index (κ1) is 14.3. The van der Waals surface area contributed by atoms with Gasteiger partial charge in [-0.3, -0.25) is 4.90 Å². The maximum absolute atomic E-state index is 6.02. The van der Waals surface area contributed by atoms with Gasteiger partial charge in [0.15, 0.2) is 0 Å². The van der Waals surface area contributed by atoms with Crippen LogP contribution in [0.25, 0.3) is 0 Å². The summed E-state index contributed by atoms with van der Waals surface area (Å²) >= 11 is 0. The van der Waals surface area contributed by atoms with Crippen LogP contribution in [0.1, 0.15) is 53.9 Å². The fourth-order valence-electron chi connectivity index (χ4n) is 3.79. The lowest BCUT2D eigenvalue weighted by atomic mass is 9.91. The van der Waals surface area contributed by atoms with E-state index in [1.165, 1.54) is 19.3 Å². The van der Waals surface area contributed by atoms with Crippen LogP contribution in [0.4, 0.5) is 0 Å². The first-order valence-corrected chi connectivity index (χ1v) is 7.32. The van der Waals surface area contributed by atoms with E-state index >= 15 is 0 Å². The molecule has 2 fully saturated rings. The molecule has 0 aromatic rings. The van der Waals surface area contributed by atoms with Crippen molar-refractivity contribution in [1.82, 2.24) is 4.90 Å². The van der Waals surface area contributed by atoms with Gasteiger partial charge in [0, 0.05) is 24.8 Å². The number of hydrogen-bond donors (Lipinski definition) is 0. The minimum atomic E-state index is -0.140. The maximum Gasteiger partial charge on any atom is 0.116 e. The molecule has 0 aliphatic carbocycles. The van der Waals surface area contributed by atoms with Crippen molar-refractivity contribution in [2.45, 2.75) is 71.2 Å². The molecule has 0 unspecified atom stereocenters. The van der Waals surface area contributed by atoms with Crippen molar-refractivity contribution in [1.29, 1.82) is 0 Å². The van der Waals surface area contributed by atoms with Gasteiger partial charge in [0.05, 0.1) is 6.61 Å². The molecule has 3 nitrogen and oxygen atoms in total. The average molecular weight is 255 g/mol. The van der Waals surface area contributed by atoms with Crippen molar-refractivity contribution in [3.8, 4) is 0 Å². The summed E-state index contributed by atoms with van der Waals surface area (Å²) in [7, 11) is 0. The minimum Gasteiger partial charge on any atom is -0.381 e. The highest BCUT2D eigenvalue weighted by Gasteiger charge is 2.46. The number of nitrogens with zero attached hydrogens (tertiary/aromatic N) is 1. The molecule has 106 valence electrons. The predicted molar refractivity (Wildman–Crippen MR) is 73.6 cm³/mol. The van der Waals surface area contributed by atoms with Crippen LogP contribution in [0.3, 0.4) is 0 Å². The van der Waals surface area contributed by atoms with Crippen molar-refractivity contribution in [2.75, 3.05) is 19.8 Å². The molecule has 2 aliphatic heterocycles. The molecule has 0 aromatic heterocycles. The van der Waals surface area contributed by atoms with Crippen LogP contribution < -0.4 is 0 Å². The normalized spacial score (nSPS) is 33.8. The van der Waals surface area contributed by atoms with Gasteiger partial charge < -0.3 is 9.47 Å². The fraction of sp³-hybridized carbons (Fsp3) is 1.00. The van der Waals surface area contributed by atoms with Crippen molar-refractivity contribution >= 4 is 0 Å². The third-order valence-electron chi connectivity index (χ3n) is 4.16. The first-order chi connectivity index (χ1) is 8.31. The van der Waals surface area contributed by atoms with Gasteiger partial charge in [-0.25, -0.2) is 0 Å². The lowest BCUT2D eigenvalue weighted by Crippen LogP contribution is -2.54. The van der Waals surface area contributed by atoms with Crippen LogP contribution in [0.15, 0.2) is 0 Å². The molecule has 0 spiro atoms. The minimum absolute atomic E-state index is 0.140. The van der Waals surface area contributed by atoms with Crippen molar-refractivity contribution in [3.63, 3.8) is 0 Å². The number of rotatable bonds is 2. The molecule has 2 atom stereocenters. The quantitative estimate of drug-likeness (QED) is 0.757. The third-order valence-corrected chi connectivity index (χ3v) is 4.16. The molecule has 0 N–H and O–H groups in total.